The normalized spacial score (nSPS) is 15.6. The molecule has 0 amide bonds. The van der Waals surface area contributed by atoms with Crippen molar-refractivity contribution in [3.8, 4) is 17.2 Å². The van der Waals surface area contributed by atoms with Gasteiger partial charge in [0, 0.05) is 11.5 Å². The van der Waals surface area contributed by atoms with E-state index in [0.717, 1.165) is 5.39 Å². The monoisotopic (exact) mass is 355 g/mol. The summed E-state index contributed by atoms with van der Waals surface area (Å²) in [5.41, 5.74) is -0.205. The Morgan fingerprint density at radius 1 is 1.15 bits per heavy atom. The lowest BCUT2D eigenvalue weighted by molar-refractivity contribution is -0.385. The van der Waals surface area contributed by atoms with Gasteiger partial charge in [-0.3, -0.25) is 10.1 Å². The van der Waals surface area contributed by atoms with Crippen LogP contribution in [0.25, 0.3) is 11.0 Å². The van der Waals surface area contributed by atoms with Gasteiger partial charge in [-0.2, -0.15) is 0 Å². The Morgan fingerprint density at radius 2 is 2.00 bits per heavy atom. The van der Waals surface area contributed by atoms with Crippen molar-refractivity contribution in [2.24, 2.45) is 0 Å². The van der Waals surface area contributed by atoms with Crippen molar-refractivity contribution in [3.63, 3.8) is 0 Å². The Balaban J connectivity index is 1.49. The van der Waals surface area contributed by atoms with E-state index in [1.54, 1.807) is 24.3 Å². The van der Waals surface area contributed by atoms with E-state index < -0.39 is 16.7 Å². The third kappa shape index (κ3) is 3.04. The summed E-state index contributed by atoms with van der Waals surface area (Å²) in [7, 11) is 0. The number of hydrogen-bond donors (Lipinski definition) is 0. The average Bonchev–Trinajstić information content (AvgIpc) is 2.65. The first-order valence-corrected chi connectivity index (χ1v) is 7.84. The molecule has 8 nitrogen and oxygen atoms in total. The lowest BCUT2D eigenvalue weighted by Crippen LogP contribution is -2.35. The van der Waals surface area contributed by atoms with Gasteiger partial charge in [-0.1, -0.05) is 18.2 Å². The first kappa shape index (κ1) is 15.9. The fourth-order valence-electron chi connectivity index (χ4n) is 2.63. The number of para-hydroxylation sites is 1. The van der Waals surface area contributed by atoms with Gasteiger partial charge in [0.1, 0.15) is 18.8 Å². The van der Waals surface area contributed by atoms with Gasteiger partial charge >= 0.3 is 5.63 Å². The summed E-state index contributed by atoms with van der Waals surface area (Å²) in [5.74, 6) is 0.763. The summed E-state index contributed by atoms with van der Waals surface area (Å²) in [6, 6.07) is 12.8. The van der Waals surface area contributed by atoms with E-state index in [0.29, 0.717) is 11.3 Å². The number of nitro groups is 1. The molecule has 0 saturated carbocycles. The molecular weight excluding hydrogens is 342 g/mol. The van der Waals surface area contributed by atoms with Crippen molar-refractivity contribution < 1.29 is 23.6 Å². The van der Waals surface area contributed by atoms with Crippen LogP contribution < -0.4 is 19.8 Å². The number of benzene rings is 2. The van der Waals surface area contributed by atoms with E-state index in [4.69, 9.17) is 18.6 Å². The van der Waals surface area contributed by atoms with Crippen LogP contribution in [0.2, 0.25) is 0 Å². The standard InChI is InChI=1S/C18H13NO7/c20-18-17(7-11-3-1-2-4-14(11)26-18)24-10-13-9-23-15-6-5-12(19(21)22)8-16(15)25-13/h1-8,13H,9-10H2. The third-order valence-corrected chi connectivity index (χ3v) is 3.89. The highest BCUT2D eigenvalue weighted by atomic mass is 16.6. The predicted molar refractivity (Wildman–Crippen MR) is 91.0 cm³/mol. The molecule has 1 atom stereocenters. The van der Waals surface area contributed by atoms with Crippen molar-refractivity contribution in [3.05, 3.63) is 69.1 Å². The van der Waals surface area contributed by atoms with Crippen molar-refractivity contribution >= 4 is 16.7 Å². The van der Waals surface area contributed by atoms with Crippen LogP contribution in [0.3, 0.4) is 0 Å². The highest BCUT2D eigenvalue weighted by Gasteiger charge is 2.24. The molecule has 4 rings (SSSR count). The molecule has 132 valence electrons. The molecule has 0 aliphatic carbocycles. The number of rotatable bonds is 4. The number of nitrogens with zero attached hydrogens (tertiary/aromatic N) is 1. The Kier molecular flexibility index (Phi) is 3.92. The first-order chi connectivity index (χ1) is 12.6. The molecular formula is C18H13NO7. The predicted octanol–water partition coefficient (Wildman–Crippen LogP) is 2.92. The maximum absolute atomic E-state index is 12.0. The van der Waals surface area contributed by atoms with E-state index in [1.165, 1.54) is 18.2 Å². The van der Waals surface area contributed by atoms with Crippen molar-refractivity contribution in [2.75, 3.05) is 13.2 Å². The second-order valence-corrected chi connectivity index (χ2v) is 5.69. The van der Waals surface area contributed by atoms with Gasteiger partial charge in [0.05, 0.1) is 11.0 Å². The minimum atomic E-state index is -0.587. The molecule has 2 aromatic carbocycles. The molecule has 0 bridgehead atoms. The van der Waals surface area contributed by atoms with E-state index in [1.807, 2.05) is 6.07 Å². The van der Waals surface area contributed by atoms with E-state index in [2.05, 4.69) is 0 Å². The van der Waals surface area contributed by atoms with Crippen LogP contribution in [-0.4, -0.2) is 24.2 Å². The topological polar surface area (TPSA) is 101 Å². The number of nitro benzene ring substituents is 1. The molecule has 8 heteroatoms. The second-order valence-electron chi connectivity index (χ2n) is 5.69. The minimum Gasteiger partial charge on any atom is -0.486 e. The van der Waals surface area contributed by atoms with Gasteiger partial charge in [0.2, 0.25) is 5.75 Å². The lowest BCUT2D eigenvalue weighted by atomic mass is 10.2. The maximum atomic E-state index is 12.0. The van der Waals surface area contributed by atoms with Gasteiger partial charge < -0.3 is 18.6 Å². The first-order valence-electron chi connectivity index (χ1n) is 7.84. The largest absolute Gasteiger partial charge is 0.486 e. The molecule has 0 fully saturated rings. The number of hydrogen-bond acceptors (Lipinski definition) is 7. The highest BCUT2D eigenvalue weighted by molar-refractivity contribution is 5.77. The molecule has 3 aromatic rings. The van der Waals surface area contributed by atoms with E-state index >= 15 is 0 Å². The van der Waals surface area contributed by atoms with Crippen molar-refractivity contribution in [1.82, 2.24) is 0 Å². The molecule has 1 aromatic heterocycles. The third-order valence-electron chi connectivity index (χ3n) is 3.89. The Hall–Kier alpha value is -3.55. The Morgan fingerprint density at radius 3 is 2.85 bits per heavy atom. The molecule has 0 spiro atoms. The van der Waals surface area contributed by atoms with E-state index in [9.17, 15) is 14.9 Å². The SMILES string of the molecule is O=c1oc2ccccc2cc1OCC1COc2ccc([N+](=O)[O-])cc2O1. The van der Waals surface area contributed by atoms with Crippen molar-refractivity contribution in [2.45, 2.75) is 6.10 Å². The van der Waals surface area contributed by atoms with Crippen LogP contribution in [0.15, 0.2) is 57.7 Å². The second kappa shape index (κ2) is 6.40. The molecule has 1 aliphatic heterocycles. The maximum Gasteiger partial charge on any atom is 0.379 e. The van der Waals surface area contributed by atoms with Gasteiger partial charge in [-0.05, 0) is 18.2 Å². The molecule has 0 N–H and O–H groups in total. The molecule has 0 radical (unpaired) electrons. The van der Waals surface area contributed by atoms with Crippen molar-refractivity contribution in [1.29, 1.82) is 0 Å². The minimum absolute atomic E-state index is 0.0330. The van der Waals surface area contributed by atoms with Gasteiger partial charge in [0.25, 0.3) is 5.69 Å². The average molecular weight is 355 g/mol. The zero-order valence-corrected chi connectivity index (χ0v) is 13.4. The number of non-ortho nitro benzene ring substituents is 1. The summed E-state index contributed by atoms with van der Waals surface area (Å²) < 4.78 is 22.0. The zero-order valence-electron chi connectivity index (χ0n) is 13.4. The van der Waals surface area contributed by atoms with Crippen LogP contribution in [0.1, 0.15) is 0 Å². The fraction of sp³-hybridized carbons (Fsp3) is 0.167. The van der Waals surface area contributed by atoms with Gasteiger partial charge in [0.15, 0.2) is 17.6 Å². The molecule has 26 heavy (non-hydrogen) atoms. The molecule has 0 saturated heterocycles. The summed E-state index contributed by atoms with van der Waals surface area (Å²) in [6.07, 6.45) is -0.518. The quantitative estimate of drug-likeness (QED) is 0.403. The van der Waals surface area contributed by atoms with Crippen LogP contribution in [0.5, 0.6) is 17.2 Å². The van der Waals surface area contributed by atoms with Gasteiger partial charge in [-0.25, -0.2) is 4.79 Å². The highest BCUT2D eigenvalue weighted by Crippen LogP contribution is 2.35. The lowest BCUT2D eigenvalue weighted by Gasteiger charge is -2.26. The van der Waals surface area contributed by atoms with Crippen LogP contribution in [0.4, 0.5) is 5.69 Å². The van der Waals surface area contributed by atoms with E-state index in [-0.39, 0.29) is 30.4 Å². The molecule has 1 unspecified atom stereocenters. The number of ether oxygens (including phenoxy) is 3. The number of fused-ring (bicyclic) bond motifs is 2. The molecule has 1 aliphatic rings. The van der Waals surface area contributed by atoms with Crippen LogP contribution in [-0.2, 0) is 0 Å². The van der Waals surface area contributed by atoms with Crippen LogP contribution >= 0.6 is 0 Å². The Bertz CT molecular complexity index is 1040. The summed E-state index contributed by atoms with van der Waals surface area (Å²) in [4.78, 5) is 22.3. The zero-order chi connectivity index (χ0) is 18.1. The molecule has 2 heterocycles. The van der Waals surface area contributed by atoms with Gasteiger partial charge in [-0.15, -0.1) is 0 Å². The summed E-state index contributed by atoms with van der Waals surface area (Å²) >= 11 is 0. The van der Waals surface area contributed by atoms with Crippen LogP contribution in [0, 0.1) is 10.1 Å². The smallest absolute Gasteiger partial charge is 0.379 e. The summed E-state index contributed by atoms with van der Waals surface area (Å²) in [6.45, 7) is 0.231. The fourth-order valence-corrected chi connectivity index (χ4v) is 2.63. The summed E-state index contributed by atoms with van der Waals surface area (Å²) in [5, 5.41) is 11.6. The Labute approximate surface area is 146 Å².